The summed E-state index contributed by atoms with van der Waals surface area (Å²) in [6, 6.07) is 0. The van der Waals surface area contributed by atoms with Crippen molar-refractivity contribution in [2.75, 3.05) is 18.1 Å². The van der Waals surface area contributed by atoms with Crippen molar-refractivity contribution in [1.82, 2.24) is 5.32 Å². The molecule has 0 aromatic rings. The minimum atomic E-state index is -2.87. The first-order valence-electron chi connectivity index (χ1n) is 8.98. The number of unbranched alkanes of at least 4 members (excludes halogenated alkanes) is 1. The number of rotatable bonds is 6. The molecule has 2 rings (SSSR count). The van der Waals surface area contributed by atoms with E-state index in [4.69, 9.17) is 0 Å². The highest BCUT2D eigenvalue weighted by molar-refractivity contribution is 7.91. The second-order valence-corrected chi connectivity index (χ2v) is 9.46. The standard InChI is InChI=1S/C17H31NO3S/c1-2-3-5-14-7-9-16(10-8-14)17(19)18-12-15-6-4-11-22(20,21)13-15/h14-16H,2-13H2,1H3,(H,18,19). The molecule has 1 aliphatic heterocycles. The highest BCUT2D eigenvalue weighted by atomic mass is 32.2. The normalized spacial score (nSPS) is 31.6. The zero-order chi connectivity index (χ0) is 16.0. The molecular weight excluding hydrogens is 298 g/mol. The van der Waals surface area contributed by atoms with E-state index >= 15 is 0 Å². The van der Waals surface area contributed by atoms with Crippen molar-refractivity contribution in [3.05, 3.63) is 0 Å². The Hall–Kier alpha value is -0.580. The van der Waals surface area contributed by atoms with Gasteiger partial charge in [-0.1, -0.05) is 26.2 Å². The van der Waals surface area contributed by atoms with Gasteiger partial charge in [-0.15, -0.1) is 0 Å². The van der Waals surface area contributed by atoms with Crippen molar-refractivity contribution < 1.29 is 13.2 Å². The molecule has 0 aromatic carbocycles. The van der Waals surface area contributed by atoms with Gasteiger partial charge in [-0.25, -0.2) is 8.42 Å². The minimum absolute atomic E-state index is 0.114. The summed E-state index contributed by atoms with van der Waals surface area (Å²) in [4.78, 5) is 12.3. The maximum atomic E-state index is 12.3. The summed E-state index contributed by atoms with van der Waals surface area (Å²) >= 11 is 0. The van der Waals surface area contributed by atoms with Crippen LogP contribution in [0, 0.1) is 17.8 Å². The number of hydrogen-bond donors (Lipinski definition) is 1. The predicted octanol–water partition coefficient (Wildman–Crippen LogP) is 2.92. The van der Waals surface area contributed by atoms with Gasteiger partial charge in [0.1, 0.15) is 0 Å². The number of hydrogen-bond acceptors (Lipinski definition) is 3. The third kappa shape index (κ3) is 5.56. The summed E-state index contributed by atoms with van der Waals surface area (Å²) in [6.45, 7) is 2.76. The Bertz CT molecular complexity index is 453. The van der Waals surface area contributed by atoms with E-state index in [-0.39, 0.29) is 23.5 Å². The highest BCUT2D eigenvalue weighted by Gasteiger charge is 2.28. The molecule has 1 saturated carbocycles. The van der Waals surface area contributed by atoms with Gasteiger partial charge < -0.3 is 5.32 Å². The second kappa shape index (κ2) is 8.32. The topological polar surface area (TPSA) is 63.2 Å². The summed E-state index contributed by atoms with van der Waals surface area (Å²) in [5.74, 6) is 1.79. The summed E-state index contributed by atoms with van der Waals surface area (Å²) < 4.78 is 23.2. The summed E-state index contributed by atoms with van der Waals surface area (Å²) in [7, 11) is -2.87. The summed E-state index contributed by atoms with van der Waals surface area (Å²) in [6.07, 6.45) is 9.89. The van der Waals surface area contributed by atoms with E-state index in [1.165, 1.54) is 32.1 Å². The monoisotopic (exact) mass is 329 g/mol. The summed E-state index contributed by atoms with van der Waals surface area (Å²) in [5, 5.41) is 3.01. The number of carbonyl (C=O) groups excluding carboxylic acids is 1. The van der Waals surface area contributed by atoms with Gasteiger partial charge in [0.2, 0.25) is 5.91 Å². The Balaban J connectivity index is 1.68. The minimum Gasteiger partial charge on any atom is -0.356 e. The van der Waals surface area contributed by atoms with E-state index in [0.29, 0.717) is 12.3 Å². The zero-order valence-electron chi connectivity index (χ0n) is 13.9. The average molecular weight is 330 g/mol. The fraction of sp³-hybridized carbons (Fsp3) is 0.941. The maximum Gasteiger partial charge on any atom is 0.223 e. The van der Waals surface area contributed by atoms with Gasteiger partial charge >= 0.3 is 0 Å². The number of nitrogens with one attached hydrogen (secondary N) is 1. The Kier molecular flexibility index (Phi) is 6.72. The first-order chi connectivity index (χ1) is 10.5. The van der Waals surface area contributed by atoms with Crippen LogP contribution in [0.25, 0.3) is 0 Å². The lowest BCUT2D eigenvalue weighted by Gasteiger charge is -2.28. The average Bonchev–Trinajstić information content (AvgIpc) is 2.50. The van der Waals surface area contributed by atoms with E-state index in [1.54, 1.807) is 0 Å². The number of amides is 1. The van der Waals surface area contributed by atoms with Gasteiger partial charge in [0.15, 0.2) is 9.84 Å². The van der Waals surface area contributed by atoms with Gasteiger partial charge in [0.05, 0.1) is 11.5 Å². The largest absolute Gasteiger partial charge is 0.356 e. The van der Waals surface area contributed by atoms with Crippen LogP contribution in [0.15, 0.2) is 0 Å². The molecule has 1 saturated heterocycles. The van der Waals surface area contributed by atoms with Crippen LogP contribution in [-0.2, 0) is 14.6 Å². The van der Waals surface area contributed by atoms with Crippen LogP contribution >= 0.6 is 0 Å². The van der Waals surface area contributed by atoms with Crippen LogP contribution in [0.4, 0.5) is 0 Å². The fourth-order valence-corrected chi connectivity index (χ4v) is 5.65. The van der Waals surface area contributed by atoms with Crippen molar-refractivity contribution in [3.63, 3.8) is 0 Å². The molecule has 1 atom stereocenters. The molecule has 1 unspecified atom stereocenters. The molecule has 2 aliphatic rings. The van der Waals surface area contributed by atoms with Crippen LogP contribution in [0.5, 0.6) is 0 Å². The Morgan fingerprint density at radius 1 is 1.09 bits per heavy atom. The Morgan fingerprint density at radius 2 is 1.82 bits per heavy atom. The molecule has 1 N–H and O–H groups in total. The van der Waals surface area contributed by atoms with Gasteiger partial charge in [0, 0.05) is 12.5 Å². The molecule has 0 aromatic heterocycles. The first-order valence-corrected chi connectivity index (χ1v) is 10.8. The van der Waals surface area contributed by atoms with E-state index in [2.05, 4.69) is 12.2 Å². The molecule has 2 fully saturated rings. The molecule has 5 heteroatoms. The molecular formula is C17H31NO3S. The molecule has 1 amide bonds. The van der Waals surface area contributed by atoms with Gasteiger partial charge in [-0.05, 0) is 50.4 Å². The third-order valence-electron chi connectivity index (χ3n) is 5.31. The maximum absolute atomic E-state index is 12.3. The van der Waals surface area contributed by atoms with E-state index < -0.39 is 9.84 Å². The Labute approximate surface area is 135 Å². The smallest absolute Gasteiger partial charge is 0.223 e. The lowest BCUT2D eigenvalue weighted by Crippen LogP contribution is -2.39. The van der Waals surface area contributed by atoms with Crippen molar-refractivity contribution in [3.8, 4) is 0 Å². The van der Waals surface area contributed by atoms with Crippen molar-refractivity contribution in [2.24, 2.45) is 17.8 Å². The van der Waals surface area contributed by atoms with Gasteiger partial charge in [-0.2, -0.15) is 0 Å². The molecule has 1 heterocycles. The highest BCUT2D eigenvalue weighted by Crippen LogP contribution is 2.32. The van der Waals surface area contributed by atoms with Crippen molar-refractivity contribution >= 4 is 15.7 Å². The first kappa shape index (κ1) is 17.8. The lowest BCUT2D eigenvalue weighted by atomic mass is 9.79. The third-order valence-corrected chi connectivity index (χ3v) is 7.20. The molecule has 0 bridgehead atoms. The van der Waals surface area contributed by atoms with Crippen molar-refractivity contribution in [2.45, 2.75) is 64.7 Å². The van der Waals surface area contributed by atoms with Crippen molar-refractivity contribution in [1.29, 1.82) is 0 Å². The SMILES string of the molecule is CCCCC1CCC(C(=O)NCC2CCCS(=O)(=O)C2)CC1. The second-order valence-electron chi connectivity index (χ2n) is 7.23. The molecule has 4 nitrogen and oxygen atoms in total. The number of carbonyl (C=O) groups is 1. The van der Waals surface area contributed by atoms with Crippen LogP contribution in [0.3, 0.4) is 0 Å². The van der Waals surface area contributed by atoms with Crippen LogP contribution in [0.2, 0.25) is 0 Å². The van der Waals surface area contributed by atoms with E-state index in [1.807, 2.05) is 0 Å². The summed E-state index contributed by atoms with van der Waals surface area (Å²) in [5.41, 5.74) is 0. The Morgan fingerprint density at radius 3 is 2.45 bits per heavy atom. The molecule has 0 radical (unpaired) electrons. The number of sulfone groups is 1. The predicted molar refractivity (Wildman–Crippen MR) is 89.4 cm³/mol. The van der Waals surface area contributed by atoms with Crippen LogP contribution in [-0.4, -0.2) is 32.4 Å². The fourth-order valence-electron chi connectivity index (χ4n) is 3.87. The molecule has 22 heavy (non-hydrogen) atoms. The van der Waals surface area contributed by atoms with Gasteiger partial charge in [0.25, 0.3) is 0 Å². The molecule has 128 valence electrons. The van der Waals surface area contributed by atoms with E-state index in [9.17, 15) is 13.2 Å². The zero-order valence-corrected chi connectivity index (χ0v) is 14.7. The molecule has 1 aliphatic carbocycles. The van der Waals surface area contributed by atoms with E-state index in [0.717, 1.165) is 31.6 Å². The lowest BCUT2D eigenvalue weighted by molar-refractivity contribution is -0.126. The van der Waals surface area contributed by atoms with Crippen LogP contribution < -0.4 is 5.32 Å². The molecule has 0 spiro atoms. The van der Waals surface area contributed by atoms with Crippen LogP contribution in [0.1, 0.15) is 64.7 Å². The quantitative estimate of drug-likeness (QED) is 0.815. The van der Waals surface area contributed by atoms with Gasteiger partial charge in [-0.3, -0.25) is 4.79 Å².